The summed E-state index contributed by atoms with van der Waals surface area (Å²) in [5, 5.41) is 1.06. The Hall–Kier alpha value is -0.130. The summed E-state index contributed by atoms with van der Waals surface area (Å²) in [6.45, 7) is 5.61. The number of rotatable bonds is 3. The van der Waals surface area contributed by atoms with Gasteiger partial charge in [-0.15, -0.1) is 0 Å². The fourth-order valence-electron chi connectivity index (χ4n) is 1.96. The monoisotopic (exact) mass is 347 g/mol. The van der Waals surface area contributed by atoms with Gasteiger partial charge >= 0.3 is 0 Å². The first-order valence-corrected chi connectivity index (χ1v) is 7.35. The van der Waals surface area contributed by atoms with Crippen LogP contribution in [0.15, 0.2) is 22.9 Å². The molecule has 0 aromatic carbocycles. The van der Waals surface area contributed by atoms with Crippen LogP contribution in [0.25, 0.3) is 0 Å². The Morgan fingerprint density at radius 2 is 2.00 bits per heavy atom. The lowest BCUT2D eigenvalue weighted by molar-refractivity contribution is 0.274. The highest BCUT2D eigenvalue weighted by Gasteiger charge is 2.17. The van der Waals surface area contributed by atoms with Crippen LogP contribution >= 0.6 is 31.9 Å². The van der Waals surface area contributed by atoms with E-state index >= 15 is 0 Å². The molecule has 5 heteroatoms. The molecule has 0 radical (unpaired) electrons. The lowest BCUT2D eigenvalue weighted by atomic mass is 10.2. The fraction of sp³-hybridized carbons (Fsp3) is 0.545. The van der Waals surface area contributed by atoms with Crippen LogP contribution in [0, 0.1) is 0 Å². The number of pyridine rings is 1. The molecular formula is C11H15Br2N3. The maximum Gasteiger partial charge on any atom is 0.0592 e. The Morgan fingerprint density at radius 1 is 1.25 bits per heavy atom. The van der Waals surface area contributed by atoms with Crippen LogP contribution in [-0.2, 0) is 0 Å². The molecule has 1 aliphatic rings. The molecule has 1 aromatic heterocycles. The topological polar surface area (TPSA) is 19.4 Å². The van der Waals surface area contributed by atoms with Gasteiger partial charge in [0.05, 0.1) is 10.2 Å². The van der Waals surface area contributed by atoms with E-state index in [-0.39, 0.29) is 0 Å². The first-order valence-electron chi connectivity index (χ1n) is 5.44. The Morgan fingerprint density at radius 3 is 2.62 bits per heavy atom. The number of anilines is 1. The minimum absolute atomic E-state index is 1.06. The van der Waals surface area contributed by atoms with E-state index in [4.69, 9.17) is 0 Å². The van der Waals surface area contributed by atoms with Crippen molar-refractivity contribution in [3.05, 3.63) is 22.9 Å². The van der Waals surface area contributed by atoms with E-state index in [1.54, 1.807) is 0 Å². The first-order chi connectivity index (χ1) is 7.81. The summed E-state index contributed by atoms with van der Waals surface area (Å²) in [5.41, 5.74) is 1.26. The van der Waals surface area contributed by atoms with E-state index in [9.17, 15) is 0 Å². The van der Waals surface area contributed by atoms with Crippen LogP contribution in [0.4, 0.5) is 5.69 Å². The van der Waals surface area contributed by atoms with Gasteiger partial charge in [-0.3, -0.25) is 9.88 Å². The molecule has 0 amide bonds. The molecule has 0 aliphatic carbocycles. The van der Waals surface area contributed by atoms with Gasteiger partial charge in [0, 0.05) is 50.4 Å². The molecule has 0 saturated carbocycles. The molecular weight excluding hydrogens is 334 g/mol. The second-order valence-corrected chi connectivity index (χ2v) is 5.49. The summed E-state index contributed by atoms with van der Waals surface area (Å²) in [7, 11) is 0. The summed E-state index contributed by atoms with van der Waals surface area (Å²) in [4.78, 5) is 8.99. The Balaban J connectivity index is 1.96. The van der Waals surface area contributed by atoms with Crippen LogP contribution in [0.2, 0.25) is 0 Å². The third-order valence-corrected chi connectivity index (χ3v) is 3.83. The van der Waals surface area contributed by atoms with Gasteiger partial charge in [-0.2, -0.15) is 0 Å². The first kappa shape index (κ1) is 12.3. The maximum atomic E-state index is 4.09. The van der Waals surface area contributed by atoms with Crippen molar-refractivity contribution in [2.75, 3.05) is 43.0 Å². The Bertz CT molecular complexity index is 338. The van der Waals surface area contributed by atoms with Gasteiger partial charge in [-0.25, -0.2) is 0 Å². The van der Waals surface area contributed by atoms with Crippen LogP contribution < -0.4 is 4.90 Å². The highest BCUT2D eigenvalue weighted by atomic mass is 79.9. The third kappa shape index (κ3) is 2.96. The SMILES string of the molecule is BrCCN1CCN(c2ccncc2Br)CC1. The van der Waals surface area contributed by atoms with Crippen molar-refractivity contribution in [2.45, 2.75) is 0 Å². The van der Waals surface area contributed by atoms with E-state index in [1.807, 2.05) is 12.4 Å². The zero-order chi connectivity index (χ0) is 11.4. The zero-order valence-corrected chi connectivity index (χ0v) is 12.2. The number of alkyl halides is 1. The number of aromatic nitrogens is 1. The molecule has 1 aromatic rings. The van der Waals surface area contributed by atoms with Gasteiger partial charge in [0.2, 0.25) is 0 Å². The average Bonchev–Trinajstić information content (AvgIpc) is 2.31. The molecule has 2 heterocycles. The lowest BCUT2D eigenvalue weighted by Gasteiger charge is -2.36. The van der Waals surface area contributed by atoms with Crippen molar-refractivity contribution >= 4 is 37.5 Å². The molecule has 0 spiro atoms. The Kier molecular flexibility index (Phi) is 4.61. The van der Waals surface area contributed by atoms with Crippen molar-refractivity contribution in [1.82, 2.24) is 9.88 Å². The zero-order valence-electron chi connectivity index (χ0n) is 9.07. The molecule has 16 heavy (non-hydrogen) atoms. The predicted octanol–water partition coefficient (Wildman–Crippen LogP) is 2.36. The number of nitrogens with zero attached hydrogens (tertiary/aromatic N) is 3. The smallest absolute Gasteiger partial charge is 0.0592 e. The van der Waals surface area contributed by atoms with E-state index < -0.39 is 0 Å². The summed E-state index contributed by atoms with van der Waals surface area (Å²) in [6.07, 6.45) is 3.71. The molecule has 1 fully saturated rings. The van der Waals surface area contributed by atoms with Crippen LogP contribution in [0.5, 0.6) is 0 Å². The third-order valence-electron chi connectivity index (χ3n) is 2.86. The van der Waals surface area contributed by atoms with E-state index in [0.29, 0.717) is 0 Å². The molecule has 3 nitrogen and oxygen atoms in total. The van der Waals surface area contributed by atoms with Gasteiger partial charge in [-0.05, 0) is 22.0 Å². The molecule has 1 saturated heterocycles. The lowest BCUT2D eigenvalue weighted by Crippen LogP contribution is -2.47. The molecule has 0 unspecified atom stereocenters. The maximum absolute atomic E-state index is 4.09. The minimum atomic E-state index is 1.06. The molecule has 0 N–H and O–H groups in total. The number of piperazine rings is 1. The standard InChI is InChI=1S/C11H15Br2N3/c12-2-4-15-5-7-16(8-6-15)11-1-3-14-9-10(11)13/h1,3,9H,2,4-8H2. The Labute approximate surface area is 113 Å². The largest absolute Gasteiger partial charge is 0.368 e. The summed E-state index contributed by atoms with van der Waals surface area (Å²) in [5.74, 6) is 0. The molecule has 88 valence electrons. The second-order valence-electron chi connectivity index (χ2n) is 3.84. The minimum Gasteiger partial charge on any atom is -0.368 e. The quantitative estimate of drug-likeness (QED) is 0.782. The van der Waals surface area contributed by atoms with Gasteiger partial charge in [0.25, 0.3) is 0 Å². The molecule has 1 aliphatic heterocycles. The number of hydrogen-bond acceptors (Lipinski definition) is 3. The molecule has 0 bridgehead atoms. The van der Waals surface area contributed by atoms with Crippen molar-refractivity contribution < 1.29 is 0 Å². The van der Waals surface area contributed by atoms with Crippen LogP contribution in [0.3, 0.4) is 0 Å². The number of hydrogen-bond donors (Lipinski definition) is 0. The fourth-order valence-corrected chi connectivity index (χ4v) is 2.96. The summed E-state index contributed by atoms with van der Waals surface area (Å²) in [6, 6.07) is 2.07. The van der Waals surface area contributed by atoms with Gasteiger partial charge in [0.15, 0.2) is 0 Å². The summed E-state index contributed by atoms with van der Waals surface area (Å²) >= 11 is 7.04. The molecule has 2 rings (SSSR count). The van der Waals surface area contributed by atoms with Gasteiger partial charge in [0.1, 0.15) is 0 Å². The predicted molar refractivity (Wildman–Crippen MR) is 74.4 cm³/mol. The second kappa shape index (κ2) is 5.98. The van der Waals surface area contributed by atoms with Gasteiger partial charge in [-0.1, -0.05) is 15.9 Å². The van der Waals surface area contributed by atoms with Crippen molar-refractivity contribution in [3.8, 4) is 0 Å². The van der Waals surface area contributed by atoms with Crippen molar-refractivity contribution in [3.63, 3.8) is 0 Å². The van der Waals surface area contributed by atoms with Gasteiger partial charge < -0.3 is 4.90 Å². The van der Waals surface area contributed by atoms with E-state index in [0.717, 1.165) is 42.5 Å². The summed E-state index contributed by atoms with van der Waals surface area (Å²) < 4.78 is 1.09. The van der Waals surface area contributed by atoms with Crippen LogP contribution in [0.1, 0.15) is 0 Å². The van der Waals surface area contributed by atoms with E-state index in [1.165, 1.54) is 5.69 Å². The highest BCUT2D eigenvalue weighted by Crippen LogP contribution is 2.25. The van der Waals surface area contributed by atoms with Crippen molar-refractivity contribution in [2.24, 2.45) is 0 Å². The highest BCUT2D eigenvalue weighted by molar-refractivity contribution is 9.10. The normalized spacial score (nSPS) is 17.8. The average molecular weight is 349 g/mol. The van der Waals surface area contributed by atoms with Crippen LogP contribution in [-0.4, -0.2) is 47.9 Å². The van der Waals surface area contributed by atoms with E-state index in [2.05, 4.69) is 52.7 Å². The number of halogens is 2. The van der Waals surface area contributed by atoms with Crippen molar-refractivity contribution in [1.29, 1.82) is 0 Å². The molecule has 0 atom stereocenters.